The molecule has 1 N–H and O–H groups in total. The molecule has 7 heteroatoms. The number of fused-ring (bicyclic) bond motifs is 1. The predicted molar refractivity (Wildman–Crippen MR) is 118 cm³/mol. The zero-order valence-electron chi connectivity index (χ0n) is 17.0. The Morgan fingerprint density at radius 2 is 1.90 bits per heavy atom. The molecule has 0 aliphatic carbocycles. The van der Waals surface area contributed by atoms with Gasteiger partial charge in [-0.1, -0.05) is 41.1 Å². The molecule has 152 valence electrons. The summed E-state index contributed by atoms with van der Waals surface area (Å²) in [5, 5.41) is 7.61. The molecule has 5 aromatic rings. The Balaban J connectivity index is 1.54. The van der Waals surface area contributed by atoms with Crippen LogP contribution in [-0.2, 0) is 0 Å². The van der Waals surface area contributed by atoms with Crippen LogP contribution in [0.25, 0.3) is 28.0 Å². The number of anilines is 1. The van der Waals surface area contributed by atoms with Gasteiger partial charge >= 0.3 is 0 Å². The fraction of sp³-hybridized carbons (Fsp3) is 0.0833. The minimum Gasteiger partial charge on any atom is -0.335 e. The number of hydrogen-bond donors (Lipinski definition) is 1. The van der Waals surface area contributed by atoms with Crippen LogP contribution < -0.4 is 5.32 Å². The lowest BCUT2D eigenvalue weighted by molar-refractivity contribution is 0.102. The zero-order chi connectivity index (χ0) is 21.4. The van der Waals surface area contributed by atoms with Crippen molar-refractivity contribution in [2.45, 2.75) is 13.8 Å². The molecule has 0 aliphatic heterocycles. The van der Waals surface area contributed by atoms with Crippen molar-refractivity contribution in [3.05, 3.63) is 90.1 Å². The van der Waals surface area contributed by atoms with Gasteiger partial charge in [-0.3, -0.25) is 4.79 Å². The molecule has 3 heterocycles. The summed E-state index contributed by atoms with van der Waals surface area (Å²) in [6, 6.07) is 17.3. The number of nitrogens with zero attached hydrogens (tertiary/aromatic N) is 4. The molecular weight excluding hydrogens is 390 g/mol. The van der Waals surface area contributed by atoms with Gasteiger partial charge in [0.05, 0.1) is 28.7 Å². The van der Waals surface area contributed by atoms with Crippen LogP contribution in [0.1, 0.15) is 21.6 Å². The molecule has 1 amide bonds. The van der Waals surface area contributed by atoms with Crippen LogP contribution in [0, 0.1) is 13.8 Å². The monoisotopic (exact) mass is 409 g/mol. The number of carbonyl (C=O) groups excluding carboxylic acids is 1. The number of carbonyl (C=O) groups is 1. The van der Waals surface area contributed by atoms with Gasteiger partial charge in [-0.25, -0.2) is 9.97 Å². The van der Waals surface area contributed by atoms with Crippen LogP contribution in [-0.4, -0.2) is 25.6 Å². The van der Waals surface area contributed by atoms with E-state index in [2.05, 4.69) is 20.4 Å². The van der Waals surface area contributed by atoms with Gasteiger partial charge in [0.2, 0.25) is 0 Å². The number of amides is 1. The Bertz CT molecular complexity index is 1390. The molecule has 0 unspecified atom stereocenters. The summed E-state index contributed by atoms with van der Waals surface area (Å²) in [5.41, 5.74) is 5.70. The summed E-state index contributed by atoms with van der Waals surface area (Å²) >= 11 is 0. The summed E-state index contributed by atoms with van der Waals surface area (Å²) in [4.78, 5) is 21.9. The highest BCUT2D eigenvalue weighted by Crippen LogP contribution is 2.28. The molecule has 0 fully saturated rings. The minimum atomic E-state index is -0.255. The van der Waals surface area contributed by atoms with Gasteiger partial charge in [-0.15, -0.1) is 0 Å². The van der Waals surface area contributed by atoms with Crippen molar-refractivity contribution >= 4 is 22.7 Å². The van der Waals surface area contributed by atoms with Gasteiger partial charge in [0.25, 0.3) is 11.6 Å². The first-order valence-corrected chi connectivity index (χ1v) is 9.82. The Hall–Kier alpha value is -4.26. The molecule has 0 radical (unpaired) electrons. The van der Waals surface area contributed by atoms with Crippen LogP contribution in [0.15, 0.2) is 77.8 Å². The highest BCUT2D eigenvalue weighted by atomic mass is 16.5. The maximum absolute atomic E-state index is 13.3. The van der Waals surface area contributed by atoms with Crippen molar-refractivity contribution in [1.82, 2.24) is 19.7 Å². The van der Waals surface area contributed by atoms with Gasteiger partial charge in [0.15, 0.2) is 0 Å². The Labute approximate surface area is 178 Å². The van der Waals surface area contributed by atoms with Crippen molar-refractivity contribution in [3.8, 4) is 16.9 Å². The quantitative estimate of drug-likeness (QED) is 0.454. The van der Waals surface area contributed by atoms with Gasteiger partial charge in [-0.2, -0.15) is 0 Å². The molecule has 0 bridgehead atoms. The summed E-state index contributed by atoms with van der Waals surface area (Å²) in [7, 11) is 0. The van der Waals surface area contributed by atoms with Gasteiger partial charge < -0.3 is 14.4 Å². The van der Waals surface area contributed by atoms with Gasteiger partial charge in [0.1, 0.15) is 0 Å². The normalized spacial score (nSPS) is 11.0. The molecule has 0 aliphatic rings. The SMILES string of the molecule is Cc1ccc(-c2cc(C(=O)Nc3cccc(-n4ccnc4)c3)c3c(C)noc3n2)cc1. The van der Waals surface area contributed by atoms with Crippen molar-refractivity contribution in [2.24, 2.45) is 0 Å². The fourth-order valence-electron chi connectivity index (χ4n) is 3.50. The largest absolute Gasteiger partial charge is 0.335 e. The lowest BCUT2D eigenvalue weighted by Gasteiger charge is -2.10. The second-order valence-corrected chi connectivity index (χ2v) is 7.34. The number of nitrogens with one attached hydrogen (secondary N) is 1. The van der Waals surface area contributed by atoms with Crippen LogP contribution in [0.5, 0.6) is 0 Å². The molecule has 5 rings (SSSR count). The van der Waals surface area contributed by atoms with E-state index in [-0.39, 0.29) is 5.91 Å². The molecule has 3 aromatic heterocycles. The van der Waals surface area contributed by atoms with Crippen LogP contribution in [0.4, 0.5) is 5.69 Å². The smallest absolute Gasteiger partial charge is 0.259 e. The molecule has 2 aromatic carbocycles. The van der Waals surface area contributed by atoms with E-state index < -0.39 is 0 Å². The van der Waals surface area contributed by atoms with E-state index in [0.29, 0.717) is 33.7 Å². The third-order valence-electron chi connectivity index (χ3n) is 5.12. The van der Waals surface area contributed by atoms with Crippen LogP contribution in [0.3, 0.4) is 0 Å². The first-order chi connectivity index (χ1) is 15.1. The van der Waals surface area contributed by atoms with E-state index in [1.54, 1.807) is 25.5 Å². The van der Waals surface area contributed by atoms with Crippen molar-refractivity contribution < 1.29 is 9.32 Å². The van der Waals surface area contributed by atoms with E-state index >= 15 is 0 Å². The zero-order valence-corrected chi connectivity index (χ0v) is 17.0. The maximum Gasteiger partial charge on any atom is 0.259 e. The van der Waals surface area contributed by atoms with E-state index in [0.717, 1.165) is 16.8 Å². The Kier molecular flexibility index (Phi) is 4.55. The lowest BCUT2D eigenvalue weighted by Crippen LogP contribution is -2.13. The van der Waals surface area contributed by atoms with E-state index in [9.17, 15) is 4.79 Å². The highest BCUT2D eigenvalue weighted by molar-refractivity contribution is 6.13. The number of rotatable bonds is 4. The highest BCUT2D eigenvalue weighted by Gasteiger charge is 2.19. The molecule has 0 saturated heterocycles. The minimum absolute atomic E-state index is 0.255. The third kappa shape index (κ3) is 3.57. The summed E-state index contributed by atoms with van der Waals surface area (Å²) in [6.07, 6.45) is 5.27. The molecule has 0 saturated carbocycles. The topological polar surface area (TPSA) is 85.8 Å². The van der Waals surface area contributed by atoms with Gasteiger partial charge in [0, 0.05) is 29.3 Å². The summed E-state index contributed by atoms with van der Waals surface area (Å²) in [5.74, 6) is -0.255. The summed E-state index contributed by atoms with van der Waals surface area (Å²) in [6.45, 7) is 3.83. The second-order valence-electron chi connectivity index (χ2n) is 7.34. The van der Waals surface area contributed by atoms with Crippen LogP contribution in [0.2, 0.25) is 0 Å². The second kappa shape index (κ2) is 7.53. The first kappa shape index (κ1) is 18.7. The number of benzene rings is 2. The maximum atomic E-state index is 13.3. The van der Waals surface area contributed by atoms with E-state index in [4.69, 9.17) is 4.52 Å². The molecule has 7 nitrogen and oxygen atoms in total. The average Bonchev–Trinajstić information content (AvgIpc) is 3.44. The predicted octanol–water partition coefficient (Wildman–Crippen LogP) is 4.94. The molecule has 0 atom stereocenters. The van der Waals surface area contributed by atoms with Crippen molar-refractivity contribution in [2.75, 3.05) is 5.32 Å². The average molecular weight is 409 g/mol. The molecular formula is C24H19N5O2. The molecule has 31 heavy (non-hydrogen) atoms. The van der Waals surface area contributed by atoms with Crippen molar-refractivity contribution in [1.29, 1.82) is 0 Å². The van der Waals surface area contributed by atoms with Crippen molar-refractivity contribution in [3.63, 3.8) is 0 Å². The lowest BCUT2D eigenvalue weighted by atomic mass is 10.0. The summed E-state index contributed by atoms with van der Waals surface area (Å²) < 4.78 is 7.27. The molecule has 0 spiro atoms. The number of aromatic nitrogens is 4. The Morgan fingerprint density at radius 1 is 1.06 bits per heavy atom. The van der Waals surface area contributed by atoms with Gasteiger partial charge in [-0.05, 0) is 38.1 Å². The number of aryl methyl sites for hydroxylation is 2. The standard InChI is InChI=1S/C24H19N5O2/c1-15-6-8-17(9-7-15)21-13-20(22-16(2)28-31-24(22)27-21)23(30)26-18-4-3-5-19(12-18)29-11-10-25-14-29/h3-14H,1-2H3,(H,26,30). The number of imidazole rings is 1. The third-order valence-corrected chi connectivity index (χ3v) is 5.12. The number of pyridine rings is 1. The first-order valence-electron chi connectivity index (χ1n) is 9.82. The fourth-order valence-corrected chi connectivity index (χ4v) is 3.50. The van der Waals surface area contributed by atoms with E-state index in [1.165, 1.54) is 0 Å². The Morgan fingerprint density at radius 3 is 2.68 bits per heavy atom. The van der Waals surface area contributed by atoms with Crippen LogP contribution >= 0.6 is 0 Å². The number of hydrogen-bond acceptors (Lipinski definition) is 5. The van der Waals surface area contributed by atoms with E-state index in [1.807, 2.05) is 66.2 Å².